The molecule has 0 saturated heterocycles. The van der Waals surface area contributed by atoms with Gasteiger partial charge in [0.25, 0.3) is 0 Å². The first-order chi connectivity index (χ1) is 7.50. The minimum Gasteiger partial charge on any atom is -0.328 e. The molecule has 16 heavy (non-hydrogen) atoms. The zero-order chi connectivity index (χ0) is 12.1. The molecule has 0 aromatic heterocycles. The number of hydrogen-bond donors (Lipinski definition) is 2. The molecule has 1 aromatic rings. The van der Waals surface area contributed by atoms with Crippen molar-refractivity contribution in [1.29, 1.82) is 0 Å². The summed E-state index contributed by atoms with van der Waals surface area (Å²) in [5, 5.41) is 2.30. The fourth-order valence-electron chi connectivity index (χ4n) is 1.17. The first-order valence-electron chi connectivity index (χ1n) is 5.00. The van der Waals surface area contributed by atoms with Crippen molar-refractivity contribution < 1.29 is 13.6 Å². The minimum absolute atomic E-state index is 0.0943. The van der Waals surface area contributed by atoms with Gasteiger partial charge in [0.2, 0.25) is 5.91 Å². The highest BCUT2D eigenvalue weighted by Gasteiger charge is 2.10. The maximum absolute atomic E-state index is 13.1. The van der Waals surface area contributed by atoms with Crippen molar-refractivity contribution in [3.63, 3.8) is 0 Å². The first-order valence-corrected chi connectivity index (χ1v) is 5.00. The van der Waals surface area contributed by atoms with Crippen LogP contribution in [0.2, 0.25) is 0 Å². The van der Waals surface area contributed by atoms with Crippen LogP contribution in [0.3, 0.4) is 0 Å². The predicted octanol–water partition coefficient (Wildman–Crippen LogP) is 2.03. The van der Waals surface area contributed by atoms with E-state index in [4.69, 9.17) is 5.73 Å². The molecule has 0 fully saturated rings. The second kappa shape index (κ2) is 5.55. The third-order valence-electron chi connectivity index (χ3n) is 2.05. The normalized spacial score (nSPS) is 12.2. The Kier molecular flexibility index (Phi) is 4.37. The summed E-state index contributed by atoms with van der Waals surface area (Å²) in [6, 6.07) is 3.54. The molecular formula is C11H14F2N2O. The molecule has 5 heteroatoms. The molecule has 0 spiro atoms. The van der Waals surface area contributed by atoms with E-state index in [9.17, 15) is 13.6 Å². The lowest BCUT2D eigenvalue weighted by Gasteiger charge is -2.07. The van der Waals surface area contributed by atoms with Crippen LogP contribution in [0.4, 0.5) is 14.5 Å². The first kappa shape index (κ1) is 12.6. The molecule has 0 bridgehead atoms. The maximum atomic E-state index is 13.1. The van der Waals surface area contributed by atoms with Gasteiger partial charge in [-0.2, -0.15) is 0 Å². The molecule has 0 aliphatic heterocycles. The van der Waals surface area contributed by atoms with Crippen molar-refractivity contribution in [1.82, 2.24) is 0 Å². The van der Waals surface area contributed by atoms with Crippen LogP contribution < -0.4 is 11.1 Å². The smallest absolute Gasteiger partial charge is 0.224 e. The highest BCUT2D eigenvalue weighted by molar-refractivity contribution is 5.90. The monoisotopic (exact) mass is 228 g/mol. The molecule has 88 valence electrons. The lowest BCUT2D eigenvalue weighted by atomic mass is 10.2. The summed E-state index contributed by atoms with van der Waals surface area (Å²) >= 11 is 0. The molecular weight excluding hydrogens is 214 g/mol. The lowest BCUT2D eigenvalue weighted by Crippen LogP contribution is -2.19. The van der Waals surface area contributed by atoms with E-state index >= 15 is 0 Å². The number of carbonyl (C=O) groups is 1. The number of hydrogen-bond acceptors (Lipinski definition) is 2. The van der Waals surface area contributed by atoms with Crippen molar-refractivity contribution >= 4 is 11.6 Å². The van der Waals surface area contributed by atoms with Crippen molar-refractivity contribution in [2.24, 2.45) is 5.73 Å². The van der Waals surface area contributed by atoms with Crippen LogP contribution in [0.5, 0.6) is 0 Å². The summed E-state index contributed by atoms with van der Waals surface area (Å²) < 4.78 is 25.9. The van der Waals surface area contributed by atoms with E-state index in [1.54, 1.807) is 6.92 Å². The van der Waals surface area contributed by atoms with Crippen LogP contribution in [0.25, 0.3) is 0 Å². The van der Waals surface area contributed by atoms with Crippen LogP contribution in [0.1, 0.15) is 19.8 Å². The van der Waals surface area contributed by atoms with Gasteiger partial charge in [0.05, 0.1) is 5.69 Å². The third-order valence-corrected chi connectivity index (χ3v) is 2.05. The summed E-state index contributed by atoms with van der Waals surface area (Å²) in [5.41, 5.74) is 5.33. The highest BCUT2D eigenvalue weighted by atomic mass is 19.2. The summed E-state index contributed by atoms with van der Waals surface area (Å²) in [7, 11) is 0. The van der Waals surface area contributed by atoms with E-state index in [0.29, 0.717) is 6.42 Å². The van der Waals surface area contributed by atoms with E-state index in [1.165, 1.54) is 12.1 Å². The number of rotatable bonds is 4. The molecule has 1 rings (SSSR count). The fourth-order valence-corrected chi connectivity index (χ4v) is 1.17. The minimum atomic E-state index is -1.04. The Morgan fingerprint density at radius 1 is 1.50 bits per heavy atom. The molecule has 1 amide bonds. The topological polar surface area (TPSA) is 55.1 Å². The SMILES string of the molecule is CC(N)CCC(=O)Nc1cccc(F)c1F. The number of nitrogens with two attached hydrogens (primary N) is 1. The molecule has 3 N–H and O–H groups in total. The van der Waals surface area contributed by atoms with Crippen molar-refractivity contribution in [2.45, 2.75) is 25.8 Å². The van der Waals surface area contributed by atoms with Gasteiger partial charge >= 0.3 is 0 Å². The van der Waals surface area contributed by atoms with Gasteiger partial charge in [-0.1, -0.05) is 6.07 Å². The lowest BCUT2D eigenvalue weighted by molar-refractivity contribution is -0.116. The van der Waals surface area contributed by atoms with Gasteiger partial charge in [-0.15, -0.1) is 0 Å². The van der Waals surface area contributed by atoms with Crippen LogP contribution in [-0.4, -0.2) is 11.9 Å². The zero-order valence-electron chi connectivity index (χ0n) is 8.97. The Morgan fingerprint density at radius 2 is 2.19 bits per heavy atom. The van der Waals surface area contributed by atoms with Crippen molar-refractivity contribution in [3.8, 4) is 0 Å². The van der Waals surface area contributed by atoms with E-state index < -0.39 is 11.6 Å². The largest absolute Gasteiger partial charge is 0.328 e. The highest BCUT2D eigenvalue weighted by Crippen LogP contribution is 2.16. The Labute approximate surface area is 92.6 Å². The second-order valence-electron chi connectivity index (χ2n) is 3.67. The average molecular weight is 228 g/mol. The number of carbonyl (C=O) groups excluding carboxylic acids is 1. The summed E-state index contributed by atoms with van der Waals surface area (Å²) in [6.45, 7) is 1.77. The number of benzene rings is 1. The van der Waals surface area contributed by atoms with Gasteiger partial charge < -0.3 is 11.1 Å². The Hall–Kier alpha value is -1.49. The maximum Gasteiger partial charge on any atom is 0.224 e. The van der Waals surface area contributed by atoms with Crippen LogP contribution >= 0.6 is 0 Å². The van der Waals surface area contributed by atoms with Gasteiger partial charge in [0, 0.05) is 12.5 Å². The van der Waals surface area contributed by atoms with Crippen LogP contribution in [0, 0.1) is 11.6 Å². The molecule has 1 aromatic carbocycles. The predicted molar refractivity (Wildman–Crippen MR) is 57.9 cm³/mol. The summed E-state index contributed by atoms with van der Waals surface area (Å²) in [4.78, 5) is 11.3. The average Bonchev–Trinajstić information content (AvgIpc) is 2.22. The van der Waals surface area contributed by atoms with Gasteiger partial charge in [0.1, 0.15) is 0 Å². The zero-order valence-corrected chi connectivity index (χ0v) is 8.97. The quantitative estimate of drug-likeness (QED) is 0.828. The Morgan fingerprint density at radius 3 is 2.81 bits per heavy atom. The Balaban J connectivity index is 2.59. The standard InChI is InChI=1S/C11H14F2N2O/c1-7(14)5-6-10(16)15-9-4-2-3-8(12)11(9)13/h2-4,7H,5-6,14H2,1H3,(H,15,16). The van der Waals surface area contributed by atoms with Crippen molar-refractivity contribution in [2.75, 3.05) is 5.32 Å². The van der Waals surface area contributed by atoms with E-state index in [-0.39, 0.29) is 24.1 Å². The van der Waals surface area contributed by atoms with Gasteiger partial charge in [-0.25, -0.2) is 8.78 Å². The number of anilines is 1. The third kappa shape index (κ3) is 3.58. The number of halogens is 2. The molecule has 1 atom stereocenters. The summed E-state index contributed by atoms with van der Waals surface area (Å²) in [6.07, 6.45) is 0.691. The van der Waals surface area contributed by atoms with Crippen LogP contribution in [-0.2, 0) is 4.79 Å². The van der Waals surface area contributed by atoms with E-state index in [0.717, 1.165) is 6.07 Å². The van der Waals surface area contributed by atoms with E-state index in [1.807, 2.05) is 0 Å². The molecule has 3 nitrogen and oxygen atoms in total. The van der Waals surface area contributed by atoms with Gasteiger partial charge in [-0.05, 0) is 25.5 Å². The molecule has 0 aliphatic carbocycles. The van der Waals surface area contributed by atoms with Gasteiger partial charge in [0.15, 0.2) is 11.6 Å². The van der Waals surface area contributed by atoms with E-state index in [2.05, 4.69) is 5.32 Å². The molecule has 0 heterocycles. The van der Waals surface area contributed by atoms with Crippen LogP contribution in [0.15, 0.2) is 18.2 Å². The van der Waals surface area contributed by atoms with Gasteiger partial charge in [-0.3, -0.25) is 4.79 Å². The Bertz CT molecular complexity index is 380. The molecule has 0 radical (unpaired) electrons. The molecule has 0 saturated carbocycles. The summed E-state index contributed by atoms with van der Waals surface area (Å²) in [5.74, 6) is -2.40. The van der Waals surface area contributed by atoms with Crippen molar-refractivity contribution in [3.05, 3.63) is 29.8 Å². The fraction of sp³-hybridized carbons (Fsp3) is 0.364. The second-order valence-corrected chi connectivity index (χ2v) is 3.67. The molecule has 0 aliphatic rings. The molecule has 1 unspecified atom stereocenters. The number of amides is 1. The number of nitrogens with one attached hydrogen (secondary N) is 1.